The Kier molecular flexibility index (Phi) is 4.29. The van der Waals surface area contributed by atoms with Crippen LogP contribution in [0.3, 0.4) is 0 Å². The first-order valence-corrected chi connectivity index (χ1v) is 4.99. The molecule has 0 aliphatic carbocycles. The smallest absolute Gasteiger partial charge is 0.310 e. The Morgan fingerprint density at radius 2 is 2.31 bits per heavy atom. The normalized spacial score (nSPS) is 9.62. The van der Waals surface area contributed by atoms with Gasteiger partial charge in [0.2, 0.25) is 0 Å². The average Bonchev–Trinajstić information content (AvgIpc) is 2.30. The van der Waals surface area contributed by atoms with E-state index in [1.807, 2.05) is 6.07 Å². The molecule has 4 nitrogen and oxygen atoms in total. The number of hydrogen-bond acceptors (Lipinski definition) is 4. The van der Waals surface area contributed by atoms with Crippen LogP contribution in [0, 0.1) is 11.3 Å². The van der Waals surface area contributed by atoms with Gasteiger partial charge in [0.05, 0.1) is 25.2 Å². The Morgan fingerprint density at radius 3 is 2.81 bits per heavy atom. The van der Waals surface area contributed by atoms with Crippen LogP contribution in [-0.4, -0.2) is 13.1 Å². The van der Waals surface area contributed by atoms with E-state index in [1.54, 1.807) is 12.1 Å². The largest absolute Gasteiger partial charge is 0.469 e. The summed E-state index contributed by atoms with van der Waals surface area (Å²) < 4.78 is 4.54. The van der Waals surface area contributed by atoms with Gasteiger partial charge in [0.25, 0.3) is 0 Å². The predicted molar refractivity (Wildman–Crippen MR) is 59.8 cm³/mol. The number of methoxy groups -OCH3 is 1. The van der Waals surface area contributed by atoms with Gasteiger partial charge in [0, 0.05) is 17.1 Å². The molecule has 0 unspecified atom stereocenters. The van der Waals surface area contributed by atoms with Crippen molar-refractivity contribution in [2.45, 2.75) is 13.0 Å². The molecule has 0 heterocycles. The van der Waals surface area contributed by atoms with Crippen LogP contribution in [0.15, 0.2) is 12.1 Å². The number of nitrogens with zero attached hydrogens (tertiary/aromatic N) is 1. The van der Waals surface area contributed by atoms with E-state index in [0.717, 1.165) is 0 Å². The van der Waals surface area contributed by atoms with Gasteiger partial charge in [-0.2, -0.15) is 5.26 Å². The van der Waals surface area contributed by atoms with Gasteiger partial charge in [-0.15, -0.1) is 0 Å². The molecule has 0 atom stereocenters. The van der Waals surface area contributed by atoms with Crippen LogP contribution in [0.1, 0.15) is 16.7 Å². The van der Waals surface area contributed by atoms with Crippen molar-refractivity contribution in [3.05, 3.63) is 33.8 Å². The third-order valence-electron chi connectivity index (χ3n) is 2.22. The second-order valence-electron chi connectivity index (χ2n) is 3.13. The molecule has 0 fully saturated rings. The third-order valence-corrected chi connectivity index (χ3v) is 2.57. The molecule has 5 heteroatoms. The van der Waals surface area contributed by atoms with Crippen molar-refractivity contribution in [3.8, 4) is 6.07 Å². The van der Waals surface area contributed by atoms with Gasteiger partial charge in [-0.05, 0) is 11.6 Å². The molecule has 0 aromatic heterocycles. The number of carbonyl (C=O) groups is 1. The molecule has 1 aromatic carbocycles. The highest BCUT2D eigenvalue weighted by Gasteiger charge is 2.13. The third kappa shape index (κ3) is 2.51. The Labute approximate surface area is 98.6 Å². The Morgan fingerprint density at radius 1 is 1.62 bits per heavy atom. The van der Waals surface area contributed by atoms with Gasteiger partial charge in [0.1, 0.15) is 0 Å². The molecule has 16 heavy (non-hydrogen) atoms. The zero-order chi connectivity index (χ0) is 12.1. The number of esters is 1. The lowest BCUT2D eigenvalue weighted by atomic mass is 9.99. The van der Waals surface area contributed by atoms with Gasteiger partial charge < -0.3 is 10.5 Å². The highest BCUT2D eigenvalue weighted by molar-refractivity contribution is 6.31. The maximum atomic E-state index is 11.1. The monoisotopic (exact) mass is 238 g/mol. The van der Waals surface area contributed by atoms with Gasteiger partial charge in [-0.3, -0.25) is 4.79 Å². The molecule has 0 amide bonds. The second kappa shape index (κ2) is 5.50. The number of hydrogen-bond donors (Lipinski definition) is 1. The van der Waals surface area contributed by atoms with Crippen LogP contribution in [0.4, 0.5) is 0 Å². The number of ether oxygens (including phenoxy) is 1. The minimum Gasteiger partial charge on any atom is -0.469 e. The zero-order valence-electron chi connectivity index (χ0n) is 8.79. The van der Waals surface area contributed by atoms with Gasteiger partial charge in [0.15, 0.2) is 0 Å². The Bertz CT molecular complexity index is 452. The van der Waals surface area contributed by atoms with E-state index in [9.17, 15) is 4.79 Å². The lowest BCUT2D eigenvalue weighted by Crippen LogP contribution is -2.09. The van der Waals surface area contributed by atoms with Crippen molar-refractivity contribution >= 4 is 17.6 Å². The minimum absolute atomic E-state index is 0.0452. The van der Waals surface area contributed by atoms with E-state index < -0.39 is 5.97 Å². The average molecular weight is 239 g/mol. The summed E-state index contributed by atoms with van der Waals surface area (Å²) in [7, 11) is 1.30. The van der Waals surface area contributed by atoms with Crippen LogP contribution in [0.2, 0.25) is 5.02 Å². The second-order valence-corrected chi connectivity index (χ2v) is 3.54. The van der Waals surface area contributed by atoms with Crippen molar-refractivity contribution < 1.29 is 9.53 Å². The first-order chi connectivity index (χ1) is 7.63. The van der Waals surface area contributed by atoms with Crippen LogP contribution < -0.4 is 5.73 Å². The molecule has 0 bridgehead atoms. The van der Waals surface area contributed by atoms with Crippen molar-refractivity contribution in [1.29, 1.82) is 5.26 Å². The van der Waals surface area contributed by atoms with Crippen molar-refractivity contribution in [3.63, 3.8) is 0 Å². The van der Waals surface area contributed by atoms with Crippen molar-refractivity contribution in [1.82, 2.24) is 0 Å². The number of halogens is 1. The molecule has 0 spiro atoms. The molecule has 84 valence electrons. The van der Waals surface area contributed by atoms with E-state index in [0.29, 0.717) is 21.7 Å². The summed E-state index contributed by atoms with van der Waals surface area (Å²) in [4.78, 5) is 11.1. The molecular formula is C11H11ClN2O2. The van der Waals surface area contributed by atoms with Crippen LogP contribution >= 0.6 is 11.6 Å². The summed E-state index contributed by atoms with van der Waals surface area (Å²) >= 11 is 5.90. The fourth-order valence-electron chi connectivity index (χ4n) is 1.38. The van der Waals surface area contributed by atoms with E-state index in [4.69, 9.17) is 22.6 Å². The highest BCUT2D eigenvalue weighted by Crippen LogP contribution is 2.23. The molecule has 0 radical (unpaired) electrons. The lowest BCUT2D eigenvalue weighted by Gasteiger charge is -2.08. The van der Waals surface area contributed by atoms with E-state index >= 15 is 0 Å². The van der Waals surface area contributed by atoms with Crippen LogP contribution in [0.5, 0.6) is 0 Å². The lowest BCUT2D eigenvalue weighted by molar-refractivity contribution is -0.139. The number of nitriles is 1. The Balaban J connectivity index is 3.21. The summed E-state index contributed by atoms with van der Waals surface area (Å²) in [6, 6.07) is 5.28. The summed E-state index contributed by atoms with van der Waals surface area (Å²) in [6.07, 6.45) is 0.0452. The molecule has 0 saturated heterocycles. The first-order valence-electron chi connectivity index (χ1n) is 4.61. The van der Waals surface area contributed by atoms with Gasteiger partial charge >= 0.3 is 5.97 Å². The van der Waals surface area contributed by atoms with Crippen LogP contribution in [0.25, 0.3) is 0 Å². The first kappa shape index (κ1) is 12.5. The van der Waals surface area contributed by atoms with E-state index in [-0.39, 0.29) is 13.0 Å². The summed E-state index contributed by atoms with van der Waals surface area (Å²) in [5.41, 5.74) is 7.01. The Hall–Kier alpha value is -1.57. The summed E-state index contributed by atoms with van der Waals surface area (Å²) in [6.45, 7) is 0.163. The molecule has 0 saturated carbocycles. The minimum atomic E-state index is -0.401. The van der Waals surface area contributed by atoms with Gasteiger partial charge in [-0.1, -0.05) is 17.7 Å². The van der Waals surface area contributed by atoms with Crippen LogP contribution in [-0.2, 0) is 22.5 Å². The number of carbonyl (C=O) groups excluding carboxylic acids is 1. The van der Waals surface area contributed by atoms with Crippen molar-refractivity contribution in [2.24, 2.45) is 5.73 Å². The van der Waals surface area contributed by atoms with E-state index in [2.05, 4.69) is 4.74 Å². The fraction of sp³-hybridized carbons (Fsp3) is 0.273. The quantitative estimate of drug-likeness (QED) is 0.808. The fourth-order valence-corrected chi connectivity index (χ4v) is 1.62. The van der Waals surface area contributed by atoms with E-state index in [1.165, 1.54) is 7.11 Å². The molecule has 2 N–H and O–H groups in total. The highest BCUT2D eigenvalue weighted by atomic mass is 35.5. The summed E-state index contributed by atoms with van der Waals surface area (Å²) in [5, 5.41) is 9.46. The molecular weight excluding hydrogens is 228 g/mol. The predicted octanol–water partition coefficient (Wildman–Crippen LogP) is 1.39. The van der Waals surface area contributed by atoms with Crippen molar-refractivity contribution in [2.75, 3.05) is 7.11 Å². The number of nitrogens with two attached hydrogens (primary N) is 1. The number of rotatable bonds is 3. The SMILES string of the molecule is COC(=O)Cc1ccc(Cl)c(CN)c1C#N. The summed E-state index contributed by atoms with van der Waals surface area (Å²) in [5.74, 6) is -0.401. The molecule has 0 aliphatic heterocycles. The standard InChI is InChI=1S/C11H11ClN2O2/c1-16-11(15)4-7-2-3-10(12)9(6-14)8(7)5-13/h2-3H,4,6,14H2,1H3. The maximum absolute atomic E-state index is 11.1. The zero-order valence-corrected chi connectivity index (χ0v) is 9.54. The maximum Gasteiger partial charge on any atom is 0.310 e. The molecule has 0 aliphatic rings. The number of benzene rings is 1. The molecule has 1 rings (SSSR count). The molecule has 1 aromatic rings. The van der Waals surface area contributed by atoms with Gasteiger partial charge in [-0.25, -0.2) is 0 Å². The topological polar surface area (TPSA) is 76.1 Å².